The molecule has 0 aliphatic rings. The standard InChI is InChI=1S/C5H6NO3P/c7-10(8,9)5-2-1-3-6-4-5/h1-4H,(H2,7,8,9)/p-1. The van der Waals surface area contributed by atoms with E-state index >= 15 is 0 Å². The molecular weight excluding hydrogens is 153 g/mol. The van der Waals surface area contributed by atoms with Crippen molar-refractivity contribution < 1.29 is 14.4 Å². The van der Waals surface area contributed by atoms with Gasteiger partial charge in [0, 0.05) is 17.7 Å². The highest BCUT2D eigenvalue weighted by Gasteiger charge is 2.03. The molecule has 0 aliphatic heterocycles. The largest absolute Gasteiger partial charge is 0.775 e. The molecule has 1 aromatic heterocycles. The molecule has 1 aromatic rings. The lowest BCUT2D eigenvalue weighted by Crippen LogP contribution is -2.14. The third-order valence-corrected chi connectivity index (χ3v) is 1.89. The summed E-state index contributed by atoms with van der Waals surface area (Å²) in [6.07, 6.45) is 2.52. The number of hydrogen-bond donors (Lipinski definition) is 1. The molecule has 0 aliphatic carbocycles. The van der Waals surface area contributed by atoms with E-state index in [-0.39, 0.29) is 5.30 Å². The van der Waals surface area contributed by atoms with Crippen molar-refractivity contribution in [1.29, 1.82) is 0 Å². The van der Waals surface area contributed by atoms with Crippen LogP contribution in [0.3, 0.4) is 0 Å². The van der Waals surface area contributed by atoms with Gasteiger partial charge in [0.15, 0.2) is 7.60 Å². The van der Waals surface area contributed by atoms with Gasteiger partial charge < -0.3 is 14.4 Å². The Morgan fingerprint density at radius 1 is 1.70 bits per heavy atom. The molecule has 0 bridgehead atoms. The maximum absolute atomic E-state index is 10.4. The Labute approximate surface area is 57.7 Å². The van der Waals surface area contributed by atoms with Gasteiger partial charge in [-0.3, -0.25) is 4.98 Å². The lowest BCUT2D eigenvalue weighted by atomic mass is 10.5. The predicted octanol–water partition coefficient (Wildman–Crippen LogP) is -0.747. The molecule has 0 radical (unpaired) electrons. The maximum atomic E-state index is 10.4. The van der Waals surface area contributed by atoms with Gasteiger partial charge in [-0.25, -0.2) is 0 Å². The van der Waals surface area contributed by atoms with Gasteiger partial charge in [-0.1, -0.05) is 0 Å². The van der Waals surface area contributed by atoms with Crippen LogP contribution >= 0.6 is 7.60 Å². The van der Waals surface area contributed by atoms with Gasteiger partial charge in [0.25, 0.3) is 0 Å². The molecule has 0 aromatic carbocycles. The average Bonchev–Trinajstić information content (AvgIpc) is 1.88. The smallest absolute Gasteiger partial charge is 0.164 e. The molecular formula is C5H5NO3P-. The second-order valence-electron chi connectivity index (χ2n) is 1.73. The van der Waals surface area contributed by atoms with E-state index < -0.39 is 7.60 Å². The number of aromatic nitrogens is 1. The predicted molar refractivity (Wildman–Crippen MR) is 33.7 cm³/mol. The molecule has 1 N–H and O–H groups in total. The third-order valence-electron chi connectivity index (χ3n) is 0.972. The minimum Gasteiger partial charge on any atom is -0.775 e. The van der Waals surface area contributed by atoms with Crippen molar-refractivity contribution in [2.45, 2.75) is 0 Å². The Bertz CT molecular complexity index is 255. The zero-order valence-corrected chi connectivity index (χ0v) is 5.86. The molecule has 1 atom stereocenters. The van der Waals surface area contributed by atoms with Crippen LogP contribution in [0.1, 0.15) is 0 Å². The first kappa shape index (κ1) is 7.41. The fourth-order valence-corrected chi connectivity index (χ4v) is 1.01. The van der Waals surface area contributed by atoms with Crippen LogP contribution in [0.2, 0.25) is 0 Å². The van der Waals surface area contributed by atoms with Crippen molar-refractivity contribution in [1.82, 2.24) is 4.98 Å². The van der Waals surface area contributed by atoms with Crippen molar-refractivity contribution in [3.63, 3.8) is 0 Å². The normalized spacial score (nSPS) is 16.2. The van der Waals surface area contributed by atoms with Crippen molar-refractivity contribution in [3.05, 3.63) is 24.5 Å². The van der Waals surface area contributed by atoms with Gasteiger partial charge >= 0.3 is 0 Å². The summed E-state index contributed by atoms with van der Waals surface area (Å²) in [7, 11) is -4.33. The number of nitrogens with zero attached hydrogens (tertiary/aromatic N) is 1. The van der Waals surface area contributed by atoms with Gasteiger partial charge in [-0.15, -0.1) is 0 Å². The molecule has 4 nitrogen and oxygen atoms in total. The summed E-state index contributed by atoms with van der Waals surface area (Å²) < 4.78 is 10.4. The molecule has 5 heteroatoms. The molecule has 1 heterocycles. The van der Waals surface area contributed by atoms with E-state index in [9.17, 15) is 9.46 Å². The zero-order valence-electron chi connectivity index (χ0n) is 4.97. The first-order chi connectivity index (χ1) is 4.61. The van der Waals surface area contributed by atoms with Crippen LogP contribution in [0.4, 0.5) is 0 Å². The van der Waals surface area contributed by atoms with E-state index in [4.69, 9.17) is 4.89 Å². The summed E-state index contributed by atoms with van der Waals surface area (Å²) in [5, 5.41) is -0.157. The van der Waals surface area contributed by atoms with Crippen LogP contribution in [0.25, 0.3) is 0 Å². The van der Waals surface area contributed by atoms with Gasteiger partial charge in [0.2, 0.25) is 0 Å². The van der Waals surface area contributed by atoms with Gasteiger partial charge in [0.1, 0.15) is 0 Å². The lowest BCUT2D eigenvalue weighted by molar-refractivity contribution is -0.188. The van der Waals surface area contributed by atoms with Crippen LogP contribution in [-0.4, -0.2) is 9.88 Å². The van der Waals surface area contributed by atoms with E-state index in [0.717, 1.165) is 6.20 Å². The Kier molecular flexibility index (Phi) is 1.85. The summed E-state index contributed by atoms with van der Waals surface area (Å²) in [5.74, 6) is 0. The van der Waals surface area contributed by atoms with Crippen molar-refractivity contribution in [3.8, 4) is 0 Å². The Balaban J connectivity index is 3.09. The summed E-state index contributed by atoms with van der Waals surface area (Å²) >= 11 is 0. The van der Waals surface area contributed by atoms with Crippen LogP contribution in [0.15, 0.2) is 24.5 Å². The number of pyridine rings is 1. The van der Waals surface area contributed by atoms with Crippen LogP contribution < -0.4 is 10.2 Å². The Morgan fingerprint density at radius 2 is 2.40 bits per heavy atom. The van der Waals surface area contributed by atoms with Crippen molar-refractivity contribution >= 4 is 12.9 Å². The zero-order chi connectivity index (χ0) is 7.61. The van der Waals surface area contributed by atoms with Gasteiger partial charge in [0.05, 0.1) is 0 Å². The molecule has 1 rings (SSSR count). The van der Waals surface area contributed by atoms with Crippen LogP contribution in [0.5, 0.6) is 0 Å². The first-order valence-electron chi connectivity index (χ1n) is 2.55. The molecule has 0 fully saturated rings. The summed E-state index contributed by atoms with van der Waals surface area (Å²) in [6.45, 7) is 0. The van der Waals surface area contributed by atoms with Gasteiger partial charge in [-0.2, -0.15) is 0 Å². The number of hydrogen-bond acceptors (Lipinski definition) is 3. The minimum absolute atomic E-state index is 0.157. The lowest BCUT2D eigenvalue weighted by Gasteiger charge is -2.13. The molecule has 1 unspecified atom stereocenters. The quantitative estimate of drug-likeness (QED) is 0.546. The topological polar surface area (TPSA) is 73.2 Å². The molecule has 0 spiro atoms. The fourth-order valence-electron chi connectivity index (χ4n) is 0.521. The Hall–Kier alpha value is -0.700. The van der Waals surface area contributed by atoms with Crippen molar-refractivity contribution in [2.75, 3.05) is 0 Å². The fraction of sp³-hybridized carbons (Fsp3) is 0. The monoisotopic (exact) mass is 158 g/mol. The highest BCUT2D eigenvalue weighted by Crippen LogP contribution is 2.26. The highest BCUT2D eigenvalue weighted by molar-refractivity contribution is 7.58. The molecule has 0 amide bonds. The molecule has 0 saturated carbocycles. The summed E-state index contributed by atoms with van der Waals surface area (Å²) in [5.41, 5.74) is 0. The molecule has 10 heavy (non-hydrogen) atoms. The van der Waals surface area contributed by atoms with E-state index in [0.29, 0.717) is 0 Å². The second kappa shape index (κ2) is 2.50. The SMILES string of the molecule is O=P([O-])(O)c1cccnc1. The van der Waals surface area contributed by atoms with Crippen LogP contribution in [-0.2, 0) is 4.57 Å². The third kappa shape index (κ3) is 1.64. The van der Waals surface area contributed by atoms with E-state index in [2.05, 4.69) is 4.98 Å². The highest BCUT2D eigenvalue weighted by atomic mass is 31.2. The second-order valence-corrected chi connectivity index (χ2v) is 3.29. The molecule has 0 saturated heterocycles. The number of rotatable bonds is 1. The molecule has 54 valence electrons. The van der Waals surface area contributed by atoms with E-state index in [1.807, 2.05) is 0 Å². The average molecular weight is 158 g/mol. The van der Waals surface area contributed by atoms with Crippen molar-refractivity contribution in [2.24, 2.45) is 0 Å². The maximum Gasteiger partial charge on any atom is 0.164 e. The van der Waals surface area contributed by atoms with E-state index in [1.165, 1.54) is 18.3 Å². The first-order valence-corrected chi connectivity index (χ1v) is 4.13. The van der Waals surface area contributed by atoms with Gasteiger partial charge in [-0.05, 0) is 12.1 Å². The summed E-state index contributed by atoms with van der Waals surface area (Å²) in [4.78, 5) is 22.3. The minimum atomic E-state index is -4.33. The van der Waals surface area contributed by atoms with E-state index in [1.54, 1.807) is 0 Å². The summed E-state index contributed by atoms with van der Waals surface area (Å²) in [6, 6.07) is 2.72. The van der Waals surface area contributed by atoms with Crippen LogP contribution in [0, 0.1) is 0 Å². The Morgan fingerprint density at radius 3 is 2.70 bits per heavy atom.